The maximum atomic E-state index is 12.1. The Hall–Kier alpha value is -2.75. The number of carboxylic acid groups (broad SMARTS) is 1. The van der Waals surface area contributed by atoms with Crippen molar-refractivity contribution in [3.8, 4) is 0 Å². The maximum absolute atomic E-state index is 12.1. The summed E-state index contributed by atoms with van der Waals surface area (Å²) in [6.07, 6.45) is 4.55. The minimum atomic E-state index is -3.95. The van der Waals surface area contributed by atoms with Gasteiger partial charge in [0.05, 0.1) is 0 Å². The van der Waals surface area contributed by atoms with Crippen molar-refractivity contribution in [3.63, 3.8) is 0 Å². The fraction of sp³-hybridized carbons (Fsp3) is 0.0909. The van der Waals surface area contributed by atoms with Gasteiger partial charge in [-0.3, -0.25) is 4.98 Å². The number of hydrogen-bond donors (Lipinski definition) is 2. The highest BCUT2D eigenvalue weighted by atomic mass is 32.2. The van der Waals surface area contributed by atoms with Crippen molar-refractivity contribution in [2.75, 3.05) is 4.72 Å². The lowest BCUT2D eigenvalue weighted by Gasteiger charge is -2.04. The monoisotopic (exact) mass is 310 g/mol. The molecule has 2 rings (SSSR count). The zero-order chi connectivity index (χ0) is 15.5. The molecule has 2 N–H and O–H groups in total. The first-order valence-corrected chi connectivity index (χ1v) is 7.04. The van der Waals surface area contributed by atoms with Gasteiger partial charge in [0.15, 0.2) is 5.82 Å². The van der Waals surface area contributed by atoms with E-state index in [-0.39, 0.29) is 16.7 Å². The van der Waals surface area contributed by atoms with E-state index in [0.29, 0.717) is 5.56 Å². The molecule has 0 saturated heterocycles. The molecule has 0 aliphatic heterocycles. The third-order valence-electron chi connectivity index (χ3n) is 2.21. The molecule has 2 aromatic rings. The Bertz CT molecular complexity index is 796. The van der Waals surface area contributed by atoms with Crippen molar-refractivity contribution in [2.45, 2.75) is 11.8 Å². The number of carboxylic acids is 1. The van der Waals surface area contributed by atoms with E-state index in [1.165, 1.54) is 18.3 Å². The van der Waals surface area contributed by atoms with Crippen LogP contribution in [0.25, 0.3) is 6.08 Å². The van der Waals surface area contributed by atoms with Gasteiger partial charge in [-0.2, -0.15) is 4.98 Å². The number of aromatic nitrogens is 3. The largest absolute Gasteiger partial charge is 0.478 e. The Balaban J connectivity index is 2.27. The minimum Gasteiger partial charge on any atom is -0.478 e. The zero-order valence-electron chi connectivity index (χ0n) is 10.7. The van der Waals surface area contributed by atoms with Crippen LogP contribution < -0.4 is 4.72 Å². The molecule has 0 spiro atoms. The molecule has 2 aromatic heterocycles. The molecule has 2 heterocycles. The van der Waals surface area contributed by atoms with Crippen molar-refractivity contribution < 1.29 is 22.8 Å². The minimum absolute atomic E-state index is 0.161. The highest BCUT2D eigenvalue weighted by Crippen LogP contribution is 2.15. The molecular weight excluding hydrogens is 300 g/mol. The number of nitrogens with zero attached hydrogens (tertiary/aromatic N) is 3. The first-order valence-electron chi connectivity index (χ1n) is 5.56. The van der Waals surface area contributed by atoms with Crippen LogP contribution in [0.15, 0.2) is 34.0 Å². The van der Waals surface area contributed by atoms with Crippen LogP contribution in [0.2, 0.25) is 0 Å². The highest BCUT2D eigenvalue weighted by molar-refractivity contribution is 7.92. The van der Waals surface area contributed by atoms with Crippen LogP contribution in [-0.2, 0) is 14.8 Å². The van der Waals surface area contributed by atoms with Crippen LogP contribution in [0.5, 0.6) is 0 Å². The summed E-state index contributed by atoms with van der Waals surface area (Å²) < 4.78 is 30.9. The second-order valence-corrected chi connectivity index (χ2v) is 5.56. The van der Waals surface area contributed by atoms with E-state index in [1.54, 1.807) is 6.92 Å². The number of carbonyl (C=O) groups is 1. The van der Waals surface area contributed by atoms with Crippen molar-refractivity contribution in [2.24, 2.45) is 0 Å². The lowest BCUT2D eigenvalue weighted by molar-refractivity contribution is -0.131. The molecule has 0 unspecified atom stereocenters. The molecule has 10 heteroatoms. The number of rotatable bonds is 5. The standard InChI is InChI=1S/C11H10N4O5S/c1-7-13-11(20-14-7)15-21(18,19)9-4-8(5-12-6-9)2-3-10(16)17/h2-6H,1H3,(H,16,17)(H,13,14,15)/b3-2+. The van der Waals surface area contributed by atoms with Crippen molar-refractivity contribution >= 4 is 28.1 Å². The van der Waals surface area contributed by atoms with Gasteiger partial charge in [-0.1, -0.05) is 5.16 Å². The summed E-state index contributed by atoms with van der Waals surface area (Å²) in [5.74, 6) is -0.869. The molecule has 0 amide bonds. The van der Waals surface area contributed by atoms with Crippen LogP contribution in [-0.4, -0.2) is 34.6 Å². The Morgan fingerprint density at radius 2 is 2.19 bits per heavy atom. The normalized spacial score (nSPS) is 11.7. The second-order valence-electron chi connectivity index (χ2n) is 3.88. The van der Waals surface area contributed by atoms with E-state index in [0.717, 1.165) is 12.3 Å². The van der Waals surface area contributed by atoms with Gasteiger partial charge in [-0.25, -0.2) is 17.9 Å². The third-order valence-corrected chi connectivity index (χ3v) is 3.50. The van der Waals surface area contributed by atoms with Crippen molar-refractivity contribution in [1.29, 1.82) is 0 Å². The first-order chi connectivity index (χ1) is 9.87. The predicted molar refractivity (Wildman–Crippen MR) is 70.8 cm³/mol. The fourth-order valence-electron chi connectivity index (χ4n) is 1.35. The summed E-state index contributed by atoms with van der Waals surface area (Å²) in [4.78, 5) is 17.7. The van der Waals surface area contributed by atoms with Gasteiger partial charge in [0.25, 0.3) is 10.0 Å². The predicted octanol–water partition coefficient (Wildman–Crippen LogP) is 0.672. The summed E-state index contributed by atoms with van der Waals surface area (Å²) in [6, 6.07) is 0.997. The summed E-state index contributed by atoms with van der Waals surface area (Å²) in [6.45, 7) is 1.54. The molecular formula is C11H10N4O5S. The van der Waals surface area contributed by atoms with Gasteiger partial charge in [0.1, 0.15) is 4.90 Å². The van der Waals surface area contributed by atoms with E-state index in [9.17, 15) is 13.2 Å². The lowest BCUT2D eigenvalue weighted by Crippen LogP contribution is -2.13. The van der Waals surface area contributed by atoms with Gasteiger partial charge in [-0.15, -0.1) is 0 Å². The number of aryl methyl sites for hydroxylation is 1. The molecule has 0 radical (unpaired) electrons. The summed E-state index contributed by atoms with van der Waals surface area (Å²) in [7, 11) is -3.95. The van der Waals surface area contributed by atoms with Crippen LogP contribution in [0.1, 0.15) is 11.4 Å². The molecule has 0 fully saturated rings. The number of aliphatic carboxylic acids is 1. The van der Waals surface area contributed by atoms with Gasteiger partial charge < -0.3 is 9.63 Å². The number of nitrogens with one attached hydrogen (secondary N) is 1. The summed E-state index contributed by atoms with van der Waals surface area (Å²) in [5.41, 5.74) is 0.321. The molecule has 0 bridgehead atoms. The summed E-state index contributed by atoms with van der Waals surface area (Å²) >= 11 is 0. The van der Waals surface area contributed by atoms with E-state index in [4.69, 9.17) is 5.11 Å². The summed E-state index contributed by atoms with van der Waals surface area (Å²) in [5, 5.41) is 12.0. The molecule has 0 aromatic carbocycles. The molecule has 0 saturated carbocycles. The SMILES string of the molecule is Cc1noc(NS(=O)(=O)c2cncc(/C=C/C(=O)O)c2)n1. The molecule has 9 nitrogen and oxygen atoms in total. The van der Waals surface area contributed by atoms with E-state index >= 15 is 0 Å². The molecule has 21 heavy (non-hydrogen) atoms. The average Bonchev–Trinajstić information content (AvgIpc) is 2.81. The van der Waals surface area contributed by atoms with Crippen LogP contribution >= 0.6 is 0 Å². The van der Waals surface area contributed by atoms with Crippen LogP contribution in [0, 0.1) is 6.92 Å². The lowest BCUT2D eigenvalue weighted by atomic mass is 10.2. The Kier molecular flexibility index (Phi) is 3.98. The smallest absolute Gasteiger partial charge is 0.335 e. The van der Waals surface area contributed by atoms with Gasteiger partial charge in [-0.05, 0) is 24.6 Å². The van der Waals surface area contributed by atoms with Crippen LogP contribution in [0.4, 0.5) is 6.01 Å². The number of hydrogen-bond acceptors (Lipinski definition) is 7. The van der Waals surface area contributed by atoms with Gasteiger partial charge >= 0.3 is 12.0 Å². The average molecular weight is 310 g/mol. The highest BCUT2D eigenvalue weighted by Gasteiger charge is 2.18. The number of pyridine rings is 1. The fourth-order valence-corrected chi connectivity index (χ4v) is 2.28. The van der Waals surface area contributed by atoms with Gasteiger partial charge in [0.2, 0.25) is 0 Å². The third kappa shape index (κ3) is 3.86. The van der Waals surface area contributed by atoms with E-state index in [2.05, 4.69) is 24.4 Å². The van der Waals surface area contributed by atoms with Gasteiger partial charge in [0, 0.05) is 18.5 Å². The quantitative estimate of drug-likeness (QED) is 0.769. The van der Waals surface area contributed by atoms with Crippen LogP contribution in [0.3, 0.4) is 0 Å². The van der Waals surface area contributed by atoms with E-state index in [1.807, 2.05) is 0 Å². The molecule has 0 atom stereocenters. The van der Waals surface area contributed by atoms with Crippen molar-refractivity contribution in [1.82, 2.24) is 15.1 Å². The number of anilines is 1. The Morgan fingerprint density at radius 3 is 2.81 bits per heavy atom. The molecule has 0 aliphatic rings. The van der Waals surface area contributed by atoms with E-state index < -0.39 is 16.0 Å². The maximum Gasteiger partial charge on any atom is 0.335 e. The second kappa shape index (κ2) is 5.71. The molecule has 110 valence electrons. The topological polar surface area (TPSA) is 135 Å². The van der Waals surface area contributed by atoms with Crippen molar-refractivity contribution in [3.05, 3.63) is 35.9 Å². The molecule has 0 aliphatic carbocycles. The first kappa shape index (κ1) is 14.7. The Morgan fingerprint density at radius 1 is 1.43 bits per heavy atom. The zero-order valence-corrected chi connectivity index (χ0v) is 11.5. The number of sulfonamides is 1. The Labute approximate surface area is 119 Å².